The molecule has 0 spiro atoms. The highest BCUT2D eigenvalue weighted by Gasteiger charge is 2.42. The van der Waals surface area contributed by atoms with E-state index in [2.05, 4.69) is 4.98 Å². The molecule has 0 fully saturated rings. The quantitative estimate of drug-likeness (QED) is 0.547. The van der Waals surface area contributed by atoms with E-state index in [4.69, 9.17) is 0 Å². The Morgan fingerprint density at radius 1 is 0.929 bits per heavy atom. The molecule has 0 bridgehead atoms. The standard InChI is InChI=1S/C22H22NO4P/c24-22(25)20(14-18-10-7-13-23-15-18)21(19-11-5-2-6-12-19)28(26,27)16-17-8-3-1-4-9-17/h1-13,15,20-21H,14,16H2,(H,24,25)(H,26,27). The van der Waals surface area contributed by atoms with Gasteiger partial charge in [0.05, 0.1) is 17.7 Å². The molecule has 1 aromatic heterocycles. The molecule has 2 aromatic carbocycles. The van der Waals surface area contributed by atoms with Crippen molar-refractivity contribution in [3.05, 3.63) is 102 Å². The van der Waals surface area contributed by atoms with Gasteiger partial charge < -0.3 is 10.00 Å². The molecule has 0 aliphatic rings. The Morgan fingerprint density at radius 2 is 1.54 bits per heavy atom. The number of nitrogens with zero attached hydrogens (tertiary/aromatic N) is 1. The number of hydrogen-bond donors (Lipinski definition) is 2. The first-order valence-corrected chi connectivity index (χ1v) is 10.9. The Hall–Kier alpha value is -2.75. The third kappa shape index (κ3) is 4.94. The van der Waals surface area contributed by atoms with E-state index in [0.717, 1.165) is 5.56 Å². The molecule has 6 heteroatoms. The Morgan fingerprint density at radius 3 is 2.11 bits per heavy atom. The van der Waals surface area contributed by atoms with Gasteiger partial charge in [0.15, 0.2) is 0 Å². The second-order valence-electron chi connectivity index (χ2n) is 6.76. The van der Waals surface area contributed by atoms with E-state index in [9.17, 15) is 19.4 Å². The largest absolute Gasteiger partial charge is 0.481 e. The van der Waals surface area contributed by atoms with Gasteiger partial charge in [-0.1, -0.05) is 66.7 Å². The van der Waals surface area contributed by atoms with Gasteiger partial charge in [0.1, 0.15) is 0 Å². The normalized spacial score (nSPS) is 15.3. The summed E-state index contributed by atoms with van der Waals surface area (Å²) in [6, 6.07) is 21.3. The van der Waals surface area contributed by atoms with E-state index in [1.54, 1.807) is 79.1 Å². The van der Waals surface area contributed by atoms with Gasteiger partial charge in [-0.15, -0.1) is 0 Å². The molecule has 28 heavy (non-hydrogen) atoms. The lowest BCUT2D eigenvalue weighted by molar-refractivity contribution is -0.141. The van der Waals surface area contributed by atoms with Gasteiger partial charge in [-0.05, 0) is 29.2 Å². The predicted octanol–water partition coefficient (Wildman–Crippen LogP) is 4.54. The van der Waals surface area contributed by atoms with Crippen molar-refractivity contribution in [3.63, 3.8) is 0 Å². The number of aromatic nitrogens is 1. The first-order chi connectivity index (χ1) is 13.5. The van der Waals surface area contributed by atoms with Crippen LogP contribution >= 0.6 is 7.37 Å². The SMILES string of the molecule is O=C(O)C(Cc1cccnc1)C(c1ccccc1)P(=O)(O)Cc1ccccc1. The zero-order chi connectivity index (χ0) is 20.0. The molecule has 5 nitrogen and oxygen atoms in total. The van der Waals surface area contributed by atoms with Crippen molar-refractivity contribution < 1.29 is 19.4 Å². The summed E-state index contributed by atoms with van der Waals surface area (Å²) in [4.78, 5) is 27.3. The minimum atomic E-state index is -3.89. The maximum absolute atomic E-state index is 13.5. The lowest BCUT2D eigenvalue weighted by Crippen LogP contribution is -2.25. The highest BCUT2D eigenvalue weighted by atomic mass is 31.2. The van der Waals surface area contributed by atoms with E-state index in [1.807, 2.05) is 6.07 Å². The van der Waals surface area contributed by atoms with Crippen molar-refractivity contribution in [2.24, 2.45) is 5.92 Å². The van der Waals surface area contributed by atoms with Gasteiger partial charge in [-0.25, -0.2) is 0 Å². The van der Waals surface area contributed by atoms with Crippen molar-refractivity contribution in [3.8, 4) is 0 Å². The van der Waals surface area contributed by atoms with Gasteiger partial charge in [-0.3, -0.25) is 14.3 Å². The van der Waals surface area contributed by atoms with E-state index in [0.29, 0.717) is 11.1 Å². The summed E-state index contributed by atoms with van der Waals surface area (Å²) >= 11 is 0. The van der Waals surface area contributed by atoms with E-state index >= 15 is 0 Å². The van der Waals surface area contributed by atoms with Gasteiger partial charge in [0, 0.05) is 12.4 Å². The summed E-state index contributed by atoms with van der Waals surface area (Å²) in [7, 11) is -3.89. The highest BCUT2D eigenvalue weighted by molar-refractivity contribution is 7.57. The summed E-state index contributed by atoms with van der Waals surface area (Å²) < 4.78 is 13.5. The van der Waals surface area contributed by atoms with Crippen molar-refractivity contribution in [2.45, 2.75) is 18.2 Å². The number of pyridine rings is 1. The van der Waals surface area contributed by atoms with Crippen molar-refractivity contribution in [2.75, 3.05) is 0 Å². The van der Waals surface area contributed by atoms with Gasteiger partial charge >= 0.3 is 5.97 Å². The molecule has 144 valence electrons. The Balaban J connectivity index is 2.02. The summed E-state index contributed by atoms with van der Waals surface area (Å²) in [6.45, 7) is 0. The van der Waals surface area contributed by atoms with E-state index < -0.39 is 24.9 Å². The minimum Gasteiger partial charge on any atom is -0.481 e. The van der Waals surface area contributed by atoms with Gasteiger partial charge in [-0.2, -0.15) is 0 Å². The van der Waals surface area contributed by atoms with Crippen molar-refractivity contribution in [1.82, 2.24) is 4.98 Å². The Kier molecular flexibility index (Phi) is 6.40. The molecule has 0 aliphatic heterocycles. The molecule has 0 amide bonds. The zero-order valence-corrected chi connectivity index (χ0v) is 16.2. The first-order valence-electron chi connectivity index (χ1n) is 8.99. The van der Waals surface area contributed by atoms with Crippen molar-refractivity contribution >= 4 is 13.3 Å². The average molecular weight is 395 g/mol. The van der Waals surface area contributed by atoms with Crippen molar-refractivity contribution in [1.29, 1.82) is 0 Å². The fourth-order valence-electron chi connectivity index (χ4n) is 3.45. The number of carboxylic acid groups (broad SMARTS) is 1. The predicted molar refractivity (Wildman–Crippen MR) is 108 cm³/mol. The van der Waals surface area contributed by atoms with Crippen LogP contribution in [0, 0.1) is 5.92 Å². The smallest absolute Gasteiger partial charge is 0.308 e. The highest BCUT2D eigenvalue weighted by Crippen LogP contribution is 2.61. The van der Waals surface area contributed by atoms with E-state index in [-0.39, 0.29) is 12.6 Å². The zero-order valence-electron chi connectivity index (χ0n) is 15.3. The summed E-state index contributed by atoms with van der Waals surface area (Å²) in [5, 5.41) is 9.94. The molecule has 3 atom stereocenters. The van der Waals surface area contributed by atoms with Crippen LogP contribution in [-0.2, 0) is 21.9 Å². The molecule has 1 heterocycles. The maximum Gasteiger partial charge on any atom is 0.308 e. The maximum atomic E-state index is 13.5. The third-order valence-corrected chi connectivity index (χ3v) is 7.05. The van der Waals surface area contributed by atoms with Crippen LogP contribution in [0.2, 0.25) is 0 Å². The lowest BCUT2D eigenvalue weighted by atomic mass is 9.92. The van der Waals surface area contributed by atoms with Crippen LogP contribution in [0.1, 0.15) is 22.3 Å². The Labute approximate surface area is 164 Å². The number of rotatable bonds is 8. The van der Waals surface area contributed by atoms with E-state index in [1.165, 1.54) is 0 Å². The topological polar surface area (TPSA) is 87.5 Å². The number of carbonyl (C=O) groups is 1. The molecule has 2 N–H and O–H groups in total. The van der Waals surface area contributed by atoms with Crippen LogP contribution in [0.3, 0.4) is 0 Å². The summed E-state index contributed by atoms with van der Waals surface area (Å²) in [5.74, 6) is -2.15. The fourth-order valence-corrected chi connectivity index (χ4v) is 5.81. The van der Waals surface area contributed by atoms with Gasteiger partial charge in [0.25, 0.3) is 0 Å². The molecule has 0 aliphatic carbocycles. The Bertz CT molecular complexity index is 948. The van der Waals surface area contributed by atoms with Gasteiger partial charge in [0.2, 0.25) is 7.37 Å². The first kappa shape index (κ1) is 20.0. The number of benzene rings is 2. The number of hydrogen-bond acceptors (Lipinski definition) is 3. The summed E-state index contributed by atoms with van der Waals surface area (Å²) in [5.41, 5.74) is 0.961. The molecule has 0 radical (unpaired) electrons. The van der Waals surface area contributed by atoms with Crippen LogP contribution in [-0.4, -0.2) is 21.0 Å². The average Bonchev–Trinajstić information content (AvgIpc) is 2.69. The van der Waals surface area contributed by atoms with Crippen LogP contribution in [0.5, 0.6) is 0 Å². The second-order valence-corrected chi connectivity index (χ2v) is 9.15. The number of aliphatic carboxylic acids is 1. The van der Waals surface area contributed by atoms with Crippen LogP contribution in [0.25, 0.3) is 0 Å². The molecule has 3 aromatic rings. The lowest BCUT2D eigenvalue weighted by Gasteiger charge is -2.29. The fraction of sp³-hybridized carbons (Fsp3) is 0.182. The second kappa shape index (κ2) is 8.96. The van der Waals surface area contributed by atoms with Crippen LogP contribution in [0.4, 0.5) is 0 Å². The summed E-state index contributed by atoms with van der Waals surface area (Å²) in [6.07, 6.45) is 3.25. The molecule has 3 unspecified atom stereocenters. The molecule has 0 saturated carbocycles. The monoisotopic (exact) mass is 395 g/mol. The number of carboxylic acids is 1. The van der Waals surface area contributed by atoms with Crippen LogP contribution in [0.15, 0.2) is 85.2 Å². The molecular weight excluding hydrogens is 373 g/mol. The molecule has 3 rings (SSSR count). The third-order valence-electron chi connectivity index (χ3n) is 4.70. The van der Waals surface area contributed by atoms with Crippen LogP contribution < -0.4 is 0 Å². The molecule has 0 saturated heterocycles. The molecular formula is C22H22NO4P. The minimum absolute atomic E-state index is 0.0791.